The zero-order valence-electron chi connectivity index (χ0n) is 16.7. The van der Waals surface area contributed by atoms with Crippen LogP contribution in [0.4, 0.5) is 5.69 Å². The number of ether oxygens (including phenoxy) is 2. The number of hydrazone groups is 1. The average Bonchev–Trinajstić information content (AvgIpc) is 2.72. The lowest BCUT2D eigenvalue weighted by Gasteiger charge is -2.12. The van der Waals surface area contributed by atoms with Gasteiger partial charge in [-0.05, 0) is 19.4 Å². The fourth-order valence-corrected chi connectivity index (χ4v) is 2.83. The van der Waals surface area contributed by atoms with Crippen molar-refractivity contribution in [2.75, 3.05) is 19.0 Å². The molecule has 0 saturated heterocycles. The van der Waals surface area contributed by atoms with E-state index in [0.717, 1.165) is 11.8 Å². The molecule has 0 radical (unpaired) electrons. The lowest BCUT2D eigenvalue weighted by molar-refractivity contribution is -0.386. The SMILES string of the molecule is CCCOc1c(OCC)cc(/C=N/NC(=O)CSc2n[nH]c(=O)[nH]c2=O)cc1[N+](=O)[O-]. The first-order valence-electron chi connectivity index (χ1n) is 9.07. The molecule has 0 saturated carbocycles. The number of nitrogens with one attached hydrogen (secondary N) is 3. The Morgan fingerprint density at radius 1 is 1.35 bits per heavy atom. The van der Waals surface area contributed by atoms with E-state index in [-0.39, 0.29) is 41.2 Å². The molecule has 2 rings (SSSR count). The summed E-state index contributed by atoms with van der Waals surface area (Å²) in [6.07, 6.45) is 1.88. The number of aromatic amines is 2. The molecule has 14 heteroatoms. The minimum Gasteiger partial charge on any atom is -0.490 e. The molecule has 0 aliphatic carbocycles. The summed E-state index contributed by atoms with van der Waals surface area (Å²) in [6.45, 7) is 4.16. The molecule has 31 heavy (non-hydrogen) atoms. The lowest BCUT2D eigenvalue weighted by atomic mass is 10.2. The predicted octanol–water partition coefficient (Wildman–Crippen LogP) is 0.796. The van der Waals surface area contributed by atoms with E-state index in [2.05, 4.69) is 20.7 Å². The van der Waals surface area contributed by atoms with Gasteiger partial charge < -0.3 is 9.47 Å². The zero-order valence-corrected chi connectivity index (χ0v) is 17.5. The maximum Gasteiger partial charge on any atom is 0.342 e. The van der Waals surface area contributed by atoms with Crippen molar-refractivity contribution >= 4 is 29.6 Å². The first-order chi connectivity index (χ1) is 14.8. The summed E-state index contributed by atoms with van der Waals surface area (Å²) in [6, 6.07) is 2.76. The summed E-state index contributed by atoms with van der Waals surface area (Å²) in [5, 5.41) is 20.7. The second kappa shape index (κ2) is 11.5. The zero-order chi connectivity index (χ0) is 22.8. The van der Waals surface area contributed by atoms with Crippen LogP contribution in [0, 0.1) is 10.1 Å². The number of rotatable bonds is 11. The number of H-pyrrole nitrogens is 2. The number of nitro benzene ring substituents is 1. The van der Waals surface area contributed by atoms with Crippen LogP contribution in [-0.4, -0.2) is 51.2 Å². The van der Waals surface area contributed by atoms with Crippen LogP contribution in [-0.2, 0) is 4.79 Å². The second-order valence-electron chi connectivity index (χ2n) is 5.80. The molecule has 1 amide bonds. The number of nitro groups is 1. The van der Waals surface area contributed by atoms with E-state index in [1.54, 1.807) is 6.92 Å². The third kappa shape index (κ3) is 6.95. The standard InChI is InChI=1S/C17H20N6O7S/c1-3-5-30-14-11(23(27)28)6-10(7-12(14)29-4-2)8-18-20-13(24)9-31-16-15(25)19-17(26)22-21-16/h6-8H,3-5,9H2,1-2H3,(H,20,24)(H2,19,22,25,26)/b18-8+. The Balaban J connectivity index is 2.09. The molecule has 1 heterocycles. The van der Waals surface area contributed by atoms with Gasteiger partial charge in [0.2, 0.25) is 11.7 Å². The van der Waals surface area contributed by atoms with Crippen molar-refractivity contribution in [3.05, 3.63) is 48.6 Å². The molecule has 0 fully saturated rings. The Hall–Kier alpha value is -3.68. The van der Waals surface area contributed by atoms with Crippen molar-refractivity contribution in [1.82, 2.24) is 20.6 Å². The highest BCUT2D eigenvalue weighted by molar-refractivity contribution is 7.99. The van der Waals surface area contributed by atoms with Gasteiger partial charge in [-0.1, -0.05) is 18.7 Å². The number of carbonyl (C=O) groups is 1. The Kier molecular flexibility index (Phi) is 8.75. The maximum atomic E-state index is 11.9. The molecule has 0 bridgehead atoms. The number of amides is 1. The summed E-state index contributed by atoms with van der Waals surface area (Å²) in [7, 11) is 0. The summed E-state index contributed by atoms with van der Waals surface area (Å²) in [4.78, 5) is 47.2. The molecule has 0 aliphatic rings. The minimum absolute atomic E-state index is 0.0323. The van der Waals surface area contributed by atoms with E-state index in [0.29, 0.717) is 12.0 Å². The molecule has 2 aromatic rings. The highest BCUT2D eigenvalue weighted by atomic mass is 32.2. The highest BCUT2D eigenvalue weighted by Crippen LogP contribution is 2.38. The van der Waals surface area contributed by atoms with Gasteiger partial charge in [0.25, 0.3) is 5.56 Å². The Labute approximate surface area is 179 Å². The number of aromatic nitrogens is 3. The van der Waals surface area contributed by atoms with Crippen molar-refractivity contribution < 1.29 is 19.2 Å². The van der Waals surface area contributed by atoms with Crippen molar-refractivity contribution in [1.29, 1.82) is 0 Å². The van der Waals surface area contributed by atoms with Crippen LogP contribution in [0.25, 0.3) is 0 Å². The van der Waals surface area contributed by atoms with Gasteiger partial charge in [-0.15, -0.1) is 0 Å². The van der Waals surface area contributed by atoms with Gasteiger partial charge in [-0.2, -0.15) is 10.2 Å². The molecule has 1 aromatic carbocycles. The molecular formula is C17H20N6O7S. The van der Waals surface area contributed by atoms with Gasteiger partial charge in [0.1, 0.15) is 0 Å². The van der Waals surface area contributed by atoms with Gasteiger partial charge in [-0.3, -0.25) is 24.7 Å². The van der Waals surface area contributed by atoms with Crippen LogP contribution in [0.1, 0.15) is 25.8 Å². The van der Waals surface area contributed by atoms with E-state index in [9.17, 15) is 24.5 Å². The van der Waals surface area contributed by atoms with Crippen molar-refractivity contribution in [2.45, 2.75) is 25.3 Å². The minimum atomic E-state index is -0.755. The van der Waals surface area contributed by atoms with Crippen LogP contribution in [0.3, 0.4) is 0 Å². The molecule has 1 aromatic heterocycles. The van der Waals surface area contributed by atoms with Gasteiger partial charge >= 0.3 is 11.4 Å². The van der Waals surface area contributed by atoms with E-state index in [4.69, 9.17) is 9.47 Å². The first-order valence-corrected chi connectivity index (χ1v) is 10.1. The summed E-state index contributed by atoms with van der Waals surface area (Å²) < 4.78 is 10.9. The Morgan fingerprint density at radius 3 is 2.77 bits per heavy atom. The van der Waals surface area contributed by atoms with E-state index >= 15 is 0 Å². The van der Waals surface area contributed by atoms with Gasteiger partial charge in [0.15, 0.2) is 10.8 Å². The monoisotopic (exact) mass is 452 g/mol. The highest BCUT2D eigenvalue weighted by Gasteiger charge is 2.22. The number of hydrogen-bond donors (Lipinski definition) is 3. The maximum absolute atomic E-state index is 11.9. The quantitative estimate of drug-likeness (QED) is 0.192. The summed E-state index contributed by atoms with van der Waals surface area (Å²) in [5.74, 6) is -0.536. The van der Waals surface area contributed by atoms with Crippen LogP contribution >= 0.6 is 11.8 Å². The third-order valence-corrected chi connectivity index (χ3v) is 4.38. The lowest BCUT2D eigenvalue weighted by Crippen LogP contribution is -2.26. The average molecular weight is 452 g/mol. The van der Waals surface area contributed by atoms with Crippen molar-refractivity contribution in [3.8, 4) is 11.5 Å². The van der Waals surface area contributed by atoms with E-state index < -0.39 is 22.1 Å². The number of carbonyl (C=O) groups excluding carboxylic acids is 1. The third-order valence-electron chi connectivity index (χ3n) is 3.43. The van der Waals surface area contributed by atoms with E-state index in [1.807, 2.05) is 11.9 Å². The van der Waals surface area contributed by atoms with Gasteiger partial charge in [0.05, 0.1) is 30.1 Å². The molecule has 0 aliphatic heterocycles. The molecule has 0 unspecified atom stereocenters. The fraction of sp³-hybridized carbons (Fsp3) is 0.353. The smallest absolute Gasteiger partial charge is 0.342 e. The number of hydrogen-bond acceptors (Lipinski definition) is 10. The van der Waals surface area contributed by atoms with Gasteiger partial charge in [-0.25, -0.2) is 15.3 Å². The molecule has 3 N–H and O–H groups in total. The Morgan fingerprint density at radius 2 is 2.13 bits per heavy atom. The first kappa shape index (κ1) is 23.6. The molecular weight excluding hydrogens is 432 g/mol. The number of thioether (sulfide) groups is 1. The molecule has 13 nitrogen and oxygen atoms in total. The molecule has 0 atom stereocenters. The van der Waals surface area contributed by atoms with E-state index in [1.165, 1.54) is 18.3 Å². The fourth-order valence-electron chi connectivity index (χ4n) is 2.21. The molecule has 0 spiro atoms. The van der Waals surface area contributed by atoms with Crippen molar-refractivity contribution in [2.24, 2.45) is 5.10 Å². The van der Waals surface area contributed by atoms with Crippen molar-refractivity contribution in [3.63, 3.8) is 0 Å². The van der Waals surface area contributed by atoms with Crippen LogP contribution in [0.2, 0.25) is 0 Å². The largest absolute Gasteiger partial charge is 0.490 e. The van der Waals surface area contributed by atoms with Crippen LogP contribution in [0.15, 0.2) is 31.8 Å². The van der Waals surface area contributed by atoms with Crippen LogP contribution in [0.5, 0.6) is 11.5 Å². The molecule has 166 valence electrons. The summed E-state index contributed by atoms with van der Waals surface area (Å²) in [5.41, 5.74) is 0.791. The normalized spacial score (nSPS) is 10.8. The van der Waals surface area contributed by atoms with Crippen LogP contribution < -0.4 is 26.1 Å². The topological polar surface area (TPSA) is 182 Å². The second-order valence-corrected chi connectivity index (χ2v) is 6.76. The Bertz CT molecular complexity index is 1080. The predicted molar refractivity (Wildman–Crippen MR) is 112 cm³/mol. The number of benzene rings is 1. The number of nitrogens with zero attached hydrogens (tertiary/aromatic N) is 3. The van der Waals surface area contributed by atoms with Gasteiger partial charge in [0, 0.05) is 11.6 Å². The summed E-state index contributed by atoms with van der Waals surface area (Å²) >= 11 is 0.798.